The summed E-state index contributed by atoms with van der Waals surface area (Å²) in [5.74, 6) is -0.595. The second-order valence-corrected chi connectivity index (χ2v) is 6.34. The quantitative estimate of drug-likeness (QED) is 0.506. The van der Waals surface area contributed by atoms with Crippen LogP contribution in [0.1, 0.15) is 17.0 Å². The average Bonchev–Trinajstić information content (AvgIpc) is 2.72. The van der Waals surface area contributed by atoms with Gasteiger partial charge in [0, 0.05) is 0 Å². The SMILES string of the molecule is Cc1ncn(-c2ccc(F)c(Cl)c2C#N)c1C[N+](C)(C)C.[I-]. The lowest BCUT2D eigenvalue weighted by Crippen LogP contribution is -3.00. The van der Waals surface area contributed by atoms with E-state index in [9.17, 15) is 9.65 Å². The number of quaternary nitrogens is 1. The summed E-state index contributed by atoms with van der Waals surface area (Å²) < 4.78 is 16.0. The van der Waals surface area contributed by atoms with Gasteiger partial charge in [0.1, 0.15) is 24.1 Å². The molecule has 0 unspecified atom stereocenters. The first-order valence-electron chi connectivity index (χ1n) is 6.46. The van der Waals surface area contributed by atoms with Crippen molar-refractivity contribution in [2.75, 3.05) is 21.1 Å². The number of nitriles is 1. The highest BCUT2D eigenvalue weighted by Gasteiger charge is 2.20. The number of halogens is 3. The molecule has 0 radical (unpaired) electrons. The minimum absolute atomic E-state index is 0. The van der Waals surface area contributed by atoms with Gasteiger partial charge in [0.2, 0.25) is 0 Å². The Labute approximate surface area is 151 Å². The maximum atomic E-state index is 13.5. The van der Waals surface area contributed by atoms with Crippen LogP contribution < -0.4 is 24.0 Å². The Morgan fingerprint density at radius 3 is 2.55 bits per heavy atom. The first kappa shape index (κ1) is 18.9. The van der Waals surface area contributed by atoms with E-state index >= 15 is 0 Å². The van der Waals surface area contributed by atoms with E-state index < -0.39 is 5.82 Å². The summed E-state index contributed by atoms with van der Waals surface area (Å²) in [6.45, 7) is 2.64. The smallest absolute Gasteiger partial charge is 0.143 e. The van der Waals surface area contributed by atoms with E-state index in [1.807, 2.05) is 17.6 Å². The second kappa shape index (κ2) is 6.94. The zero-order chi connectivity index (χ0) is 15.8. The van der Waals surface area contributed by atoms with Crippen LogP contribution >= 0.6 is 11.6 Å². The summed E-state index contributed by atoms with van der Waals surface area (Å²) in [6, 6.07) is 4.80. The van der Waals surface area contributed by atoms with Crippen molar-refractivity contribution in [1.29, 1.82) is 5.26 Å². The van der Waals surface area contributed by atoms with Crippen molar-refractivity contribution in [3.05, 3.63) is 46.3 Å². The minimum atomic E-state index is -0.595. The number of nitrogens with zero attached hydrogens (tertiary/aromatic N) is 4. The van der Waals surface area contributed by atoms with Crippen LogP contribution in [0.25, 0.3) is 5.69 Å². The van der Waals surface area contributed by atoms with E-state index in [4.69, 9.17) is 11.6 Å². The summed E-state index contributed by atoms with van der Waals surface area (Å²) in [5, 5.41) is 9.12. The Hall–Kier alpha value is -1.17. The molecule has 0 aliphatic rings. The molecule has 0 N–H and O–H groups in total. The van der Waals surface area contributed by atoms with Crippen molar-refractivity contribution in [3.63, 3.8) is 0 Å². The first-order chi connectivity index (χ1) is 9.74. The third-order valence-electron chi connectivity index (χ3n) is 3.14. The molecule has 1 aromatic carbocycles. The summed E-state index contributed by atoms with van der Waals surface area (Å²) in [5.41, 5.74) is 2.53. The lowest BCUT2D eigenvalue weighted by Gasteiger charge is -2.25. The molecule has 0 bridgehead atoms. The molecular weight excluding hydrogens is 418 g/mol. The summed E-state index contributed by atoms with van der Waals surface area (Å²) in [6.07, 6.45) is 1.64. The van der Waals surface area contributed by atoms with Gasteiger partial charge in [0.15, 0.2) is 0 Å². The summed E-state index contributed by atoms with van der Waals surface area (Å²) in [7, 11) is 6.21. The van der Waals surface area contributed by atoms with Crippen molar-refractivity contribution in [3.8, 4) is 11.8 Å². The fourth-order valence-electron chi connectivity index (χ4n) is 2.16. The Bertz CT molecular complexity index is 728. The molecule has 1 heterocycles. The highest BCUT2D eigenvalue weighted by molar-refractivity contribution is 6.32. The molecule has 118 valence electrons. The molecular formula is C15H17ClFIN4. The lowest BCUT2D eigenvalue weighted by atomic mass is 10.1. The number of benzene rings is 1. The molecule has 2 rings (SSSR count). The van der Waals surface area contributed by atoms with E-state index in [0.29, 0.717) is 10.2 Å². The van der Waals surface area contributed by atoms with Gasteiger partial charge in [-0.25, -0.2) is 9.37 Å². The monoisotopic (exact) mass is 434 g/mol. The molecule has 0 atom stereocenters. The third kappa shape index (κ3) is 3.77. The van der Waals surface area contributed by atoms with Crippen LogP contribution in [0.4, 0.5) is 4.39 Å². The van der Waals surface area contributed by atoms with Gasteiger partial charge < -0.3 is 28.5 Å². The van der Waals surface area contributed by atoms with Crippen molar-refractivity contribution < 1.29 is 32.9 Å². The van der Waals surface area contributed by atoms with E-state index in [1.165, 1.54) is 6.07 Å². The number of imidazole rings is 1. The molecule has 0 saturated carbocycles. The van der Waals surface area contributed by atoms with Crippen LogP contribution in [-0.4, -0.2) is 35.2 Å². The lowest BCUT2D eigenvalue weighted by molar-refractivity contribution is -0.884. The Morgan fingerprint density at radius 2 is 2.00 bits per heavy atom. The average molecular weight is 435 g/mol. The molecule has 0 fully saturated rings. The predicted molar refractivity (Wildman–Crippen MR) is 79.7 cm³/mol. The molecule has 0 aliphatic heterocycles. The van der Waals surface area contributed by atoms with Gasteiger partial charge in [-0.15, -0.1) is 0 Å². The van der Waals surface area contributed by atoms with Gasteiger partial charge in [-0.3, -0.25) is 4.57 Å². The highest BCUT2D eigenvalue weighted by Crippen LogP contribution is 2.27. The molecule has 7 heteroatoms. The van der Waals surface area contributed by atoms with Crippen LogP contribution in [0.3, 0.4) is 0 Å². The fourth-order valence-corrected chi connectivity index (χ4v) is 2.36. The van der Waals surface area contributed by atoms with Crippen LogP contribution in [0.15, 0.2) is 18.5 Å². The van der Waals surface area contributed by atoms with E-state index in [0.717, 1.165) is 17.9 Å². The van der Waals surface area contributed by atoms with Gasteiger partial charge in [-0.1, -0.05) is 11.6 Å². The van der Waals surface area contributed by atoms with Gasteiger partial charge in [0.05, 0.1) is 49.4 Å². The van der Waals surface area contributed by atoms with Gasteiger partial charge >= 0.3 is 0 Å². The van der Waals surface area contributed by atoms with E-state index in [-0.39, 0.29) is 34.6 Å². The van der Waals surface area contributed by atoms with Crippen LogP contribution in [0, 0.1) is 24.1 Å². The Morgan fingerprint density at radius 1 is 1.36 bits per heavy atom. The standard InChI is InChI=1S/C15H17ClFN4.HI/c1-10-14(8-21(2,3)4)20(9-19-10)13-6-5-12(17)15(16)11(13)7-18;/h5-6,9H,8H2,1-4H3;1H/q+1;/p-1. The predicted octanol–water partition coefficient (Wildman–Crippen LogP) is 0.0551. The molecule has 4 nitrogen and oxygen atoms in total. The molecule has 0 aliphatic carbocycles. The molecule has 22 heavy (non-hydrogen) atoms. The van der Waals surface area contributed by atoms with Gasteiger partial charge in [-0.2, -0.15) is 5.26 Å². The van der Waals surface area contributed by atoms with Crippen LogP contribution in [0.2, 0.25) is 5.02 Å². The zero-order valence-electron chi connectivity index (χ0n) is 12.9. The topological polar surface area (TPSA) is 41.6 Å². The summed E-state index contributed by atoms with van der Waals surface area (Å²) >= 11 is 5.91. The number of rotatable bonds is 3. The maximum Gasteiger partial charge on any atom is 0.143 e. The van der Waals surface area contributed by atoms with Crippen molar-refractivity contribution in [1.82, 2.24) is 9.55 Å². The number of aromatic nitrogens is 2. The first-order valence-corrected chi connectivity index (χ1v) is 6.84. The van der Waals surface area contributed by atoms with Crippen LogP contribution in [-0.2, 0) is 6.54 Å². The second-order valence-electron chi connectivity index (χ2n) is 5.96. The van der Waals surface area contributed by atoms with Crippen molar-refractivity contribution >= 4 is 11.6 Å². The molecule has 1 aromatic heterocycles. The van der Waals surface area contributed by atoms with Gasteiger partial charge in [-0.05, 0) is 19.1 Å². The van der Waals surface area contributed by atoms with Crippen LogP contribution in [0.5, 0.6) is 0 Å². The Kier molecular flexibility index (Phi) is 5.96. The third-order valence-corrected chi connectivity index (χ3v) is 3.51. The largest absolute Gasteiger partial charge is 1.00 e. The van der Waals surface area contributed by atoms with Crippen molar-refractivity contribution in [2.24, 2.45) is 0 Å². The molecule has 0 spiro atoms. The zero-order valence-corrected chi connectivity index (χ0v) is 15.8. The normalized spacial score (nSPS) is 11.0. The number of aryl methyl sites for hydroxylation is 1. The fraction of sp³-hybridized carbons (Fsp3) is 0.333. The van der Waals surface area contributed by atoms with E-state index in [2.05, 4.69) is 26.1 Å². The van der Waals surface area contributed by atoms with Crippen molar-refractivity contribution in [2.45, 2.75) is 13.5 Å². The molecule has 0 saturated heterocycles. The number of hydrogen-bond acceptors (Lipinski definition) is 2. The maximum absolute atomic E-state index is 13.5. The molecule has 2 aromatic rings. The minimum Gasteiger partial charge on any atom is -1.00 e. The molecule has 0 amide bonds. The van der Waals surface area contributed by atoms with Gasteiger partial charge in [0.25, 0.3) is 0 Å². The summed E-state index contributed by atoms with van der Waals surface area (Å²) in [4.78, 5) is 4.31. The Balaban J connectivity index is 0.00000242. The highest BCUT2D eigenvalue weighted by atomic mass is 127. The number of hydrogen-bond donors (Lipinski definition) is 0. The van der Waals surface area contributed by atoms with E-state index in [1.54, 1.807) is 12.4 Å².